The van der Waals surface area contributed by atoms with E-state index in [1.807, 2.05) is 0 Å². The number of nitrogens with two attached hydrogens (primary N) is 1. The lowest BCUT2D eigenvalue weighted by Crippen LogP contribution is -2.29. The lowest BCUT2D eigenvalue weighted by molar-refractivity contribution is 0.0774. The minimum atomic E-state index is -0.526. The zero-order valence-corrected chi connectivity index (χ0v) is 12.2. The van der Waals surface area contributed by atoms with Crippen LogP contribution >= 0.6 is 15.9 Å². The molecule has 2 rings (SSSR count). The van der Waals surface area contributed by atoms with Crippen LogP contribution < -0.4 is 5.73 Å². The van der Waals surface area contributed by atoms with Gasteiger partial charge in [0.2, 0.25) is 0 Å². The second-order valence-electron chi connectivity index (χ2n) is 4.71. The van der Waals surface area contributed by atoms with E-state index in [0.29, 0.717) is 35.7 Å². The smallest absolute Gasteiger partial charge is 0.255 e. The maximum Gasteiger partial charge on any atom is 0.255 e. The average Bonchev–Trinajstić information content (AvgIpc) is 2.82. The number of likely N-dealkylation sites (tertiary alicyclic amines) is 1. The fourth-order valence-corrected chi connectivity index (χ4v) is 2.77. The molecule has 0 aliphatic carbocycles. The monoisotopic (exact) mass is 330 g/mol. The first-order valence-electron chi connectivity index (χ1n) is 6.05. The van der Waals surface area contributed by atoms with Crippen LogP contribution in [0.1, 0.15) is 16.8 Å². The molecule has 1 heterocycles. The standard InChI is InChI=1S/C13H16BrFN2O2/c1-19-7-8-2-3-17(6-8)13(18)9-4-12(16)11(15)5-10(9)14/h4-5,8H,2-3,6-7,16H2,1H3. The maximum atomic E-state index is 13.3. The molecule has 1 saturated heterocycles. The van der Waals surface area contributed by atoms with Crippen molar-refractivity contribution in [1.82, 2.24) is 4.90 Å². The third-order valence-electron chi connectivity index (χ3n) is 3.29. The van der Waals surface area contributed by atoms with Crippen LogP contribution in [0.2, 0.25) is 0 Å². The summed E-state index contributed by atoms with van der Waals surface area (Å²) in [6.07, 6.45) is 0.924. The van der Waals surface area contributed by atoms with Crippen LogP contribution in [0.15, 0.2) is 16.6 Å². The van der Waals surface area contributed by atoms with E-state index >= 15 is 0 Å². The van der Waals surface area contributed by atoms with Crippen molar-refractivity contribution in [3.05, 3.63) is 28.0 Å². The van der Waals surface area contributed by atoms with E-state index < -0.39 is 5.82 Å². The second-order valence-corrected chi connectivity index (χ2v) is 5.57. The van der Waals surface area contributed by atoms with E-state index in [1.54, 1.807) is 12.0 Å². The van der Waals surface area contributed by atoms with Crippen LogP contribution in [0.3, 0.4) is 0 Å². The van der Waals surface area contributed by atoms with Crippen LogP contribution in [0.4, 0.5) is 10.1 Å². The molecule has 1 aliphatic heterocycles. The first-order valence-corrected chi connectivity index (χ1v) is 6.85. The Morgan fingerprint density at radius 3 is 3.05 bits per heavy atom. The zero-order chi connectivity index (χ0) is 14.0. The van der Waals surface area contributed by atoms with Crippen LogP contribution in [0.25, 0.3) is 0 Å². The van der Waals surface area contributed by atoms with Crippen LogP contribution in [0, 0.1) is 11.7 Å². The summed E-state index contributed by atoms with van der Waals surface area (Å²) in [6.45, 7) is 2.00. The molecule has 1 atom stereocenters. The minimum absolute atomic E-state index is 0.0146. The summed E-state index contributed by atoms with van der Waals surface area (Å²) in [5.41, 5.74) is 5.90. The van der Waals surface area contributed by atoms with E-state index in [2.05, 4.69) is 15.9 Å². The number of methoxy groups -OCH3 is 1. The van der Waals surface area contributed by atoms with Gasteiger partial charge in [-0.15, -0.1) is 0 Å². The van der Waals surface area contributed by atoms with Crippen LogP contribution in [0.5, 0.6) is 0 Å². The van der Waals surface area contributed by atoms with Crippen molar-refractivity contribution in [1.29, 1.82) is 0 Å². The Bertz CT molecular complexity index is 496. The van der Waals surface area contributed by atoms with Gasteiger partial charge in [-0.25, -0.2) is 4.39 Å². The molecule has 6 heteroatoms. The molecule has 1 aliphatic rings. The van der Waals surface area contributed by atoms with Gasteiger partial charge in [-0.3, -0.25) is 4.79 Å². The molecule has 1 aromatic rings. The molecule has 0 radical (unpaired) electrons. The van der Waals surface area contributed by atoms with E-state index in [0.717, 1.165) is 6.42 Å². The summed E-state index contributed by atoms with van der Waals surface area (Å²) in [7, 11) is 1.65. The van der Waals surface area contributed by atoms with E-state index in [9.17, 15) is 9.18 Å². The molecule has 0 aromatic heterocycles. The van der Waals surface area contributed by atoms with Crippen molar-refractivity contribution in [2.45, 2.75) is 6.42 Å². The van der Waals surface area contributed by atoms with Gasteiger partial charge in [-0.05, 0) is 34.5 Å². The highest BCUT2D eigenvalue weighted by atomic mass is 79.9. The Kier molecular flexibility index (Phi) is 4.42. The minimum Gasteiger partial charge on any atom is -0.396 e. The van der Waals surface area contributed by atoms with Gasteiger partial charge in [0.15, 0.2) is 0 Å². The summed E-state index contributed by atoms with van der Waals surface area (Å²) in [6, 6.07) is 2.61. The molecule has 1 fully saturated rings. The van der Waals surface area contributed by atoms with Gasteiger partial charge in [-0.2, -0.15) is 0 Å². The molecule has 1 unspecified atom stereocenters. The maximum absolute atomic E-state index is 13.3. The van der Waals surface area contributed by atoms with Gasteiger partial charge in [0.1, 0.15) is 5.82 Å². The summed E-state index contributed by atoms with van der Waals surface area (Å²) >= 11 is 3.21. The molecule has 2 N–H and O–H groups in total. The third kappa shape index (κ3) is 3.06. The van der Waals surface area contributed by atoms with Gasteiger partial charge < -0.3 is 15.4 Å². The van der Waals surface area contributed by atoms with Gasteiger partial charge >= 0.3 is 0 Å². The van der Waals surface area contributed by atoms with E-state index in [-0.39, 0.29) is 11.6 Å². The second kappa shape index (κ2) is 5.88. The van der Waals surface area contributed by atoms with Crippen molar-refractivity contribution in [2.24, 2.45) is 5.92 Å². The van der Waals surface area contributed by atoms with Gasteiger partial charge in [0, 0.05) is 30.6 Å². The molecule has 1 aromatic carbocycles. The van der Waals surface area contributed by atoms with E-state index in [4.69, 9.17) is 10.5 Å². The lowest BCUT2D eigenvalue weighted by atomic mass is 10.1. The number of carbonyl (C=O) groups excluding carboxylic acids is 1. The number of carbonyl (C=O) groups is 1. The van der Waals surface area contributed by atoms with Crippen molar-refractivity contribution in [3.8, 4) is 0 Å². The number of nitrogens with zero attached hydrogens (tertiary/aromatic N) is 1. The highest BCUT2D eigenvalue weighted by molar-refractivity contribution is 9.10. The molecule has 0 spiro atoms. The number of hydrogen-bond acceptors (Lipinski definition) is 3. The Hall–Kier alpha value is -1.14. The third-order valence-corrected chi connectivity index (χ3v) is 3.95. The van der Waals surface area contributed by atoms with Crippen molar-refractivity contribution in [3.63, 3.8) is 0 Å². The molecule has 104 valence electrons. The molecule has 0 saturated carbocycles. The number of halogens is 2. The summed E-state index contributed by atoms with van der Waals surface area (Å²) in [5.74, 6) is -0.287. The Labute approximate surface area is 119 Å². The van der Waals surface area contributed by atoms with Crippen LogP contribution in [-0.4, -0.2) is 37.6 Å². The number of anilines is 1. The number of benzene rings is 1. The van der Waals surface area contributed by atoms with Crippen LogP contribution in [-0.2, 0) is 4.74 Å². The summed E-state index contributed by atoms with van der Waals surface area (Å²) in [4.78, 5) is 14.1. The molecule has 4 nitrogen and oxygen atoms in total. The normalized spacial score (nSPS) is 18.9. The predicted octanol–water partition coefficient (Wildman–Crippen LogP) is 2.28. The SMILES string of the molecule is COCC1CCN(C(=O)c2cc(N)c(F)cc2Br)C1. The molecular formula is C13H16BrFN2O2. The number of amides is 1. The Morgan fingerprint density at radius 2 is 2.37 bits per heavy atom. The van der Waals surface area contributed by atoms with E-state index in [1.165, 1.54) is 12.1 Å². The first-order chi connectivity index (χ1) is 9.02. The molecule has 0 bridgehead atoms. The van der Waals surface area contributed by atoms with Gasteiger partial charge in [-0.1, -0.05) is 0 Å². The number of nitrogen functional groups attached to an aromatic ring is 1. The molecular weight excluding hydrogens is 315 g/mol. The lowest BCUT2D eigenvalue weighted by Gasteiger charge is -2.17. The largest absolute Gasteiger partial charge is 0.396 e. The highest BCUT2D eigenvalue weighted by Crippen LogP contribution is 2.26. The number of rotatable bonds is 3. The highest BCUT2D eigenvalue weighted by Gasteiger charge is 2.28. The fraction of sp³-hybridized carbons (Fsp3) is 0.462. The van der Waals surface area contributed by atoms with Crippen molar-refractivity contribution in [2.75, 3.05) is 32.5 Å². The number of hydrogen-bond donors (Lipinski definition) is 1. The topological polar surface area (TPSA) is 55.6 Å². The van der Waals surface area contributed by atoms with Gasteiger partial charge in [0.25, 0.3) is 5.91 Å². The van der Waals surface area contributed by atoms with Gasteiger partial charge in [0.05, 0.1) is 17.9 Å². The van der Waals surface area contributed by atoms with Crippen molar-refractivity contribution < 1.29 is 13.9 Å². The Balaban J connectivity index is 2.15. The fourth-order valence-electron chi connectivity index (χ4n) is 2.29. The average molecular weight is 331 g/mol. The quantitative estimate of drug-likeness (QED) is 0.865. The summed E-state index contributed by atoms with van der Waals surface area (Å²) in [5, 5.41) is 0. The molecule has 1 amide bonds. The Morgan fingerprint density at radius 1 is 1.63 bits per heavy atom. The molecule has 19 heavy (non-hydrogen) atoms. The zero-order valence-electron chi connectivity index (χ0n) is 10.7. The first kappa shape index (κ1) is 14.3. The van der Waals surface area contributed by atoms with Crippen molar-refractivity contribution >= 4 is 27.5 Å². The summed E-state index contributed by atoms with van der Waals surface area (Å²) < 4.78 is 18.8. The predicted molar refractivity (Wildman–Crippen MR) is 74.4 cm³/mol. The number of ether oxygens (including phenoxy) is 1.